The van der Waals surface area contributed by atoms with E-state index in [-0.39, 0.29) is 38.4 Å². The van der Waals surface area contributed by atoms with Crippen molar-refractivity contribution in [2.45, 2.75) is 20.4 Å². The Balaban J connectivity index is 0. The van der Waals surface area contributed by atoms with Gasteiger partial charge in [0, 0.05) is 13.2 Å². The second-order valence-electron chi connectivity index (χ2n) is 2.23. The number of aromatic nitrogens is 2. The molecule has 0 atom stereocenters. The summed E-state index contributed by atoms with van der Waals surface area (Å²) in [5, 5.41) is 0. The van der Waals surface area contributed by atoms with Crippen molar-refractivity contribution in [2.24, 2.45) is 0 Å². The Labute approximate surface area is 116 Å². The van der Waals surface area contributed by atoms with E-state index in [0.717, 1.165) is 0 Å². The Morgan fingerprint density at radius 1 is 1.60 bits per heavy atom. The van der Waals surface area contributed by atoms with Crippen LogP contribution in [0.2, 0.25) is 0 Å². The van der Waals surface area contributed by atoms with E-state index >= 15 is 0 Å². The van der Waals surface area contributed by atoms with Gasteiger partial charge in [-0.25, -0.2) is 0 Å². The summed E-state index contributed by atoms with van der Waals surface area (Å²) < 4.78 is 6.59. The quantitative estimate of drug-likeness (QED) is 0.610. The predicted octanol–water partition coefficient (Wildman–Crippen LogP) is 0.918. The molecule has 0 aromatic carbocycles. The molecule has 5 heteroatoms. The van der Waals surface area contributed by atoms with Gasteiger partial charge in [-0.2, -0.15) is 6.92 Å². The number of hydrogen-bond donors (Lipinski definition) is 0. The maximum Gasteiger partial charge on any atom is 3.00 e. The fraction of sp³-hybridized carbons (Fsp3) is 0.500. The maximum absolute atomic E-state index is 11.0. The largest absolute Gasteiger partial charge is 3.00 e. The summed E-state index contributed by atoms with van der Waals surface area (Å²) in [6.07, 6.45) is 4.11. The van der Waals surface area contributed by atoms with Crippen LogP contribution in [0.25, 0.3) is 0 Å². The van der Waals surface area contributed by atoms with Crippen molar-refractivity contribution in [3.05, 3.63) is 35.9 Å². The van der Waals surface area contributed by atoms with Crippen LogP contribution in [0.15, 0.2) is 17.1 Å². The van der Waals surface area contributed by atoms with E-state index in [1.54, 1.807) is 19.2 Å². The number of hydrogen-bond acceptors (Lipinski definition) is 3. The van der Waals surface area contributed by atoms with Gasteiger partial charge in [0.05, 0.1) is 6.61 Å². The van der Waals surface area contributed by atoms with Crippen LogP contribution in [0, 0.1) is 13.1 Å². The summed E-state index contributed by atoms with van der Waals surface area (Å²) in [6, 6.07) is 1.60. The molecule has 0 aliphatic heterocycles. The van der Waals surface area contributed by atoms with Crippen LogP contribution in [0.4, 0.5) is 0 Å². The summed E-state index contributed by atoms with van der Waals surface area (Å²) >= 11 is 0. The summed E-state index contributed by atoms with van der Waals surface area (Å²) in [5.41, 5.74) is -0.280. The van der Waals surface area contributed by atoms with E-state index in [0.29, 0.717) is 19.8 Å². The molecule has 0 fully saturated rings. The standard InChI is InChI=1S/C8H11N2O2.C2H5.Y/c1-2-12-7-6-10-5-3-4-9-8(10)11;1-2;/h3,5H,2,6-7H2,1H3;1H2,2H3;/q2*-1;+3. The van der Waals surface area contributed by atoms with Crippen LogP contribution in [-0.4, -0.2) is 22.8 Å². The Morgan fingerprint density at radius 2 is 2.27 bits per heavy atom. The predicted molar refractivity (Wildman–Crippen MR) is 54.9 cm³/mol. The first-order chi connectivity index (χ1) is 6.84. The molecule has 0 aliphatic carbocycles. The summed E-state index contributed by atoms with van der Waals surface area (Å²) in [4.78, 5) is 14.5. The first-order valence-corrected chi connectivity index (χ1v) is 4.56. The third kappa shape index (κ3) is 7.83. The molecule has 4 nitrogen and oxygen atoms in total. The molecule has 0 saturated carbocycles. The SMILES string of the molecule is CCOCCn1cc[c-]nc1=O.[CH2-]C.[Y+3]. The first kappa shape index (κ1) is 17.3. The van der Waals surface area contributed by atoms with Crippen molar-refractivity contribution in [3.63, 3.8) is 0 Å². The molecule has 0 unspecified atom stereocenters. The van der Waals surface area contributed by atoms with Gasteiger partial charge in [0.2, 0.25) is 5.69 Å². The van der Waals surface area contributed by atoms with Gasteiger partial charge >= 0.3 is 32.7 Å². The summed E-state index contributed by atoms with van der Waals surface area (Å²) in [6.45, 7) is 8.68. The molecule has 0 bridgehead atoms. The molecule has 0 radical (unpaired) electrons. The van der Waals surface area contributed by atoms with Gasteiger partial charge in [0.15, 0.2) is 0 Å². The Morgan fingerprint density at radius 3 is 2.80 bits per heavy atom. The normalized spacial score (nSPS) is 8.47. The third-order valence-electron chi connectivity index (χ3n) is 1.42. The van der Waals surface area contributed by atoms with Gasteiger partial charge in [-0.1, -0.05) is 12.4 Å². The molecule has 1 rings (SSSR count). The van der Waals surface area contributed by atoms with Gasteiger partial charge in [-0.05, 0) is 6.92 Å². The van der Waals surface area contributed by atoms with Crippen LogP contribution in [0.3, 0.4) is 0 Å². The van der Waals surface area contributed by atoms with Gasteiger partial charge < -0.3 is 26.0 Å². The average Bonchev–Trinajstić information content (AvgIpc) is 2.24. The van der Waals surface area contributed by atoms with Crippen molar-refractivity contribution in [1.29, 1.82) is 0 Å². The van der Waals surface area contributed by atoms with Crippen LogP contribution < -0.4 is 5.69 Å². The molecule has 0 amide bonds. The number of ether oxygens (including phenoxy) is 1. The molecule has 0 saturated heterocycles. The maximum atomic E-state index is 11.0. The molecular weight excluding hydrogens is 269 g/mol. The smallest absolute Gasteiger partial charge is 0.403 e. The number of rotatable bonds is 4. The molecule has 1 aromatic heterocycles. The molecule has 80 valence electrons. The Bertz CT molecular complexity index is 289. The molecule has 1 aromatic rings. The fourth-order valence-electron chi connectivity index (χ4n) is 0.821. The minimum atomic E-state index is -0.280. The van der Waals surface area contributed by atoms with Crippen LogP contribution in [-0.2, 0) is 44.0 Å². The van der Waals surface area contributed by atoms with Crippen molar-refractivity contribution in [3.8, 4) is 0 Å². The molecule has 0 spiro atoms. The summed E-state index contributed by atoms with van der Waals surface area (Å²) in [7, 11) is 0. The van der Waals surface area contributed by atoms with Crippen molar-refractivity contribution in [1.82, 2.24) is 9.55 Å². The second kappa shape index (κ2) is 12.0. The van der Waals surface area contributed by atoms with Gasteiger partial charge in [0.1, 0.15) is 0 Å². The van der Waals surface area contributed by atoms with Gasteiger partial charge in [-0.3, -0.25) is 0 Å². The van der Waals surface area contributed by atoms with E-state index < -0.39 is 0 Å². The Kier molecular flexibility index (Phi) is 13.9. The van der Waals surface area contributed by atoms with E-state index in [1.165, 1.54) is 4.57 Å². The molecule has 1 heterocycles. The zero-order valence-electron chi connectivity index (χ0n) is 9.27. The van der Waals surface area contributed by atoms with Crippen LogP contribution in [0.1, 0.15) is 13.8 Å². The van der Waals surface area contributed by atoms with E-state index in [2.05, 4.69) is 18.1 Å². The number of nitrogens with zero attached hydrogens (tertiary/aromatic N) is 2. The fourth-order valence-corrected chi connectivity index (χ4v) is 0.821. The van der Waals surface area contributed by atoms with Crippen LogP contribution >= 0.6 is 0 Å². The third-order valence-corrected chi connectivity index (χ3v) is 1.42. The van der Waals surface area contributed by atoms with E-state index in [9.17, 15) is 4.79 Å². The monoisotopic (exact) mass is 285 g/mol. The van der Waals surface area contributed by atoms with Gasteiger partial charge in [0.25, 0.3) is 0 Å². The van der Waals surface area contributed by atoms with Crippen LogP contribution in [0.5, 0.6) is 0 Å². The second-order valence-corrected chi connectivity index (χ2v) is 2.23. The summed E-state index contributed by atoms with van der Waals surface area (Å²) in [5.74, 6) is 0. The molecule has 15 heavy (non-hydrogen) atoms. The van der Waals surface area contributed by atoms with Crippen molar-refractivity contribution >= 4 is 0 Å². The molecular formula is C10H16N2O2Y+. The van der Waals surface area contributed by atoms with Crippen molar-refractivity contribution in [2.75, 3.05) is 13.2 Å². The topological polar surface area (TPSA) is 44.1 Å². The van der Waals surface area contributed by atoms with Gasteiger partial charge in [-0.15, -0.1) is 6.07 Å². The first-order valence-electron chi connectivity index (χ1n) is 4.56. The average molecular weight is 285 g/mol. The zero-order valence-corrected chi connectivity index (χ0v) is 12.1. The molecule has 0 aliphatic rings. The minimum absolute atomic E-state index is 0. The molecule has 0 N–H and O–H groups in total. The minimum Gasteiger partial charge on any atom is -0.403 e. The Hall–Kier alpha value is -0.0561. The zero-order chi connectivity index (χ0) is 10.8. The van der Waals surface area contributed by atoms with Crippen molar-refractivity contribution < 1.29 is 37.4 Å². The van der Waals surface area contributed by atoms with E-state index in [1.807, 2.05) is 6.92 Å². The van der Waals surface area contributed by atoms with E-state index in [4.69, 9.17) is 4.74 Å².